The number of hydrogen-bond acceptors (Lipinski definition) is 4. The van der Waals surface area contributed by atoms with Gasteiger partial charge in [-0.3, -0.25) is 13.9 Å². The number of carbonyl (C=O) groups excluding carboxylic acids is 2. The summed E-state index contributed by atoms with van der Waals surface area (Å²) in [7, 11) is -4.20. The topological polar surface area (TPSA) is 86.8 Å². The summed E-state index contributed by atoms with van der Waals surface area (Å²) in [5, 5.41) is 3.22. The van der Waals surface area contributed by atoms with Crippen LogP contribution in [0, 0.1) is 6.92 Å². The number of nitrogens with one attached hydrogen (secondary N) is 1. The third-order valence-corrected chi connectivity index (χ3v) is 8.25. The van der Waals surface area contributed by atoms with Crippen molar-refractivity contribution in [2.45, 2.75) is 44.7 Å². The van der Waals surface area contributed by atoms with Gasteiger partial charge in [0.15, 0.2) is 0 Å². The zero-order chi connectivity index (χ0) is 27.9. The van der Waals surface area contributed by atoms with E-state index in [1.54, 1.807) is 25.1 Å². The molecule has 0 aromatic heterocycles. The highest BCUT2D eigenvalue weighted by Gasteiger charge is 2.33. The quantitative estimate of drug-likeness (QED) is 0.330. The third kappa shape index (κ3) is 7.28. The minimum Gasteiger partial charge on any atom is -0.354 e. The fourth-order valence-electron chi connectivity index (χ4n) is 3.90. The maximum absolute atomic E-state index is 13.9. The molecule has 0 radical (unpaired) electrons. The van der Waals surface area contributed by atoms with Crippen molar-refractivity contribution in [3.05, 3.63) is 94.0 Å². The molecule has 10 heteroatoms. The standard InChI is InChI=1S/C28H31Cl2N3O4S/c1-4-15-31-28(35)21(3)32(18-22-10-8-9-20(2)16-22)27(34)19-33(26-14-13-23(29)17-25(26)30)38(36,37)24-11-6-5-7-12-24/h5-14,16-17,21H,4,15,18-19H2,1-3H3,(H,31,35). The minimum atomic E-state index is -4.20. The fourth-order valence-corrected chi connectivity index (χ4v) is 5.92. The molecule has 0 saturated carbocycles. The number of amides is 2. The van der Waals surface area contributed by atoms with Crippen molar-refractivity contribution in [1.82, 2.24) is 10.2 Å². The summed E-state index contributed by atoms with van der Waals surface area (Å²) in [5.41, 5.74) is 1.92. The van der Waals surface area contributed by atoms with Gasteiger partial charge >= 0.3 is 0 Å². The van der Waals surface area contributed by atoms with Gasteiger partial charge in [0, 0.05) is 18.1 Å². The van der Waals surface area contributed by atoms with Crippen LogP contribution in [-0.2, 0) is 26.2 Å². The zero-order valence-corrected chi connectivity index (χ0v) is 23.9. The Balaban J connectivity index is 2.04. The van der Waals surface area contributed by atoms with Crippen LogP contribution in [0.25, 0.3) is 0 Å². The van der Waals surface area contributed by atoms with Crippen molar-refractivity contribution in [3.8, 4) is 0 Å². The lowest BCUT2D eigenvalue weighted by Gasteiger charge is -2.32. The molecule has 0 saturated heterocycles. The summed E-state index contributed by atoms with van der Waals surface area (Å²) in [4.78, 5) is 28.1. The molecule has 38 heavy (non-hydrogen) atoms. The molecule has 1 N–H and O–H groups in total. The summed E-state index contributed by atoms with van der Waals surface area (Å²) in [6.07, 6.45) is 0.739. The Kier molecular flexibility index (Phi) is 10.2. The summed E-state index contributed by atoms with van der Waals surface area (Å²) in [6.45, 7) is 5.51. The first-order valence-corrected chi connectivity index (χ1v) is 14.4. The lowest BCUT2D eigenvalue weighted by Crippen LogP contribution is -2.51. The van der Waals surface area contributed by atoms with Crippen LogP contribution in [0.15, 0.2) is 77.7 Å². The SMILES string of the molecule is CCCNC(=O)C(C)N(Cc1cccc(C)c1)C(=O)CN(c1ccc(Cl)cc1Cl)S(=O)(=O)c1ccccc1. The number of carbonyl (C=O) groups is 2. The highest BCUT2D eigenvalue weighted by molar-refractivity contribution is 7.92. The first-order valence-electron chi connectivity index (χ1n) is 12.2. The second-order valence-corrected chi connectivity index (χ2v) is 11.6. The van der Waals surface area contributed by atoms with E-state index in [0.29, 0.717) is 11.6 Å². The van der Waals surface area contributed by atoms with Crippen LogP contribution < -0.4 is 9.62 Å². The highest BCUT2D eigenvalue weighted by atomic mass is 35.5. The van der Waals surface area contributed by atoms with E-state index in [1.165, 1.54) is 35.2 Å². The number of halogens is 2. The number of sulfonamides is 1. The molecule has 2 amide bonds. The molecular weight excluding hydrogens is 545 g/mol. The van der Waals surface area contributed by atoms with Crippen LogP contribution in [-0.4, -0.2) is 44.3 Å². The van der Waals surface area contributed by atoms with Gasteiger partial charge in [-0.25, -0.2) is 8.42 Å². The van der Waals surface area contributed by atoms with E-state index in [0.717, 1.165) is 21.9 Å². The molecule has 1 unspecified atom stereocenters. The van der Waals surface area contributed by atoms with Crippen molar-refractivity contribution in [3.63, 3.8) is 0 Å². The Morgan fingerprint density at radius 3 is 2.32 bits per heavy atom. The van der Waals surface area contributed by atoms with Crippen LogP contribution in [0.5, 0.6) is 0 Å². The molecule has 0 fully saturated rings. The number of hydrogen-bond donors (Lipinski definition) is 1. The normalized spacial score (nSPS) is 12.0. The first kappa shape index (κ1) is 29.5. The average Bonchev–Trinajstić information content (AvgIpc) is 2.89. The van der Waals surface area contributed by atoms with E-state index in [1.807, 2.05) is 38.1 Å². The summed E-state index contributed by atoms with van der Waals surface area (Å²) in [5.74, 6) is -0.883. The second kappa shape index (κ2) is 13.1. The lowest BCUT2D eigenvalue weighted by atomic mass is 10.1. The molecule has 3 aromatic carbocycles. The molecule has 0 aliphatic rings. The second-order valence-electron chi connectivity index (χ2n) is 8.90. The zero-order valence-electron chi connectivity index (χ0n) is 21.5. The van der Waals surface area contributed by atoms with Gasteiger partial charge in [0.25, 0.3) is 10.0 Å². The van der Waals surface area contributed by atoms with Crippen molar-refractivity contribution in [1.29, 1.82) is 0 Å². The smallest absolute Gasteiger partial charge is 0.264 e. The van der Waals surface area contributed by atoms with E-state index in [9.17, 15) is 18.0 Å². The van der Waals surface area contributed by atoms with Crippen LogP contribution in [0.4, 0.5) is 5.69 Å². The van der Waals surface area contributed by atoms with E-state index >= 15 is 0 Å². The number of anilines is 1. The van der Waals surface area contributed by atoms with E-state index < -0.39 is 28.5 Å². The van der Waals surface area contributed by atoms with Gasteiger partial charge in [-0.2, -0.15) is 0 Å². The molecule has 0 aliphatic carbocycles. The number of rotatable bonds is 11. The van der Waals surface area contributed by atoms with Crippen molar-refractivity contribution < 1.29 is 18.0 Å². The predicted octanol–water partition coefficient (Wildman–Crippen LogP) is 5.44. The number of benzene rings is 3. The number of aryl methyl sites for hydroxylation is 1. The average molecular weight is 577 g/mol. The molecule has 3 rings (SSSR count). The molecule has 1 atom stereocenters. The number of nitrogens with zero attached hydrogens (tertiary/aromatic N) is 2. The Hall–Kier alpha value is -3.07. The van der Waals surface area contributed by atoms with Gasteiger partial charge in [-0.15, -0.1) is 0 Å². The van der Waals surface area contributed by atoms with Crippen LogP contribution in [0.2, 0.25) is 10.0 Å². The van der Waals surface area contributed by atoms with E-state index in [-0.39, 0.29) is 28.1 Å². The Labute approximate surface area is 234 Å². The van der Waals surface area contributed by atoms with E-state index in [4.69, 9.17) is 23.2 Å². The summed E-state index contributed by atoms with van der Waals surface area (Å²) >= 11 is 12.5. The molecule has 202 valence electrons. The third-order valence-electron chi connectivity index (χ3n) is 5.94. The summed E-state index contributed by atoms with van der Waals surface area (Å²) < 4.78 is 28.5. The Morgan fingerprint density at radius 2 is 1.68 bits per heavy atom. The maximum atomic E-state index is 13.9. The van der Waals surface area contributed by atoms with Crippen LogP contribution in [0.3, 0.4) is 0 Å². The van der Waals surface area contributed by atoms with Crippen molar-refractivity contribution in [2.24, 2.45) is 0 Å². The largest absolute Gasteiger partial charge is 0.354 e. The van der Waals surface area contributed by atoms with E-state index in [2.05, 4.69) is 5.32 Å². The van der Waals surface area contributed by atoms with Gasteiger partial charge in [0.05, 0.1) is 15.6 Å². The predicted molar refractivity (Wildman–Crippen MR) is 152 cm³/mol. The van der Waals surface area contributed by atoms with Gasteiger partial charge in [0.2, 0.25) is 11.8 Å². The highest BCUT2D eigenvalue weighted by Crippen LogP contribution is 2.33. The lowest BCUT2D eigenvalue weighted by molar-refractivity contribution is -0.139. The van der Waals surface area contributed by atoms with Gasteiger partial charge in [-0.05, 0) is 56.2 Å². The van der Waals surface area contributed by atoms with Crippen LogP contribution in [0.1, 0.15) is 31.4 Å². The Bertz CT molecular complexity index is 1380. The molecule has 0 heterocycles. The molecule has 0 spiro atoms. The van der Waals surface area contributed by atoms with Gasteiger partial charge in [-0.1, -0.05) is 78.2 Å². The monoisotopic (exact) mass is 575 g/mol. The Morgan fingerprint density at radius 1 is 0.974 bits per heavy atom. The molecular formula is C28H31Cl2N3O4S. The first-order chi connectivity index (χ1) is 18.0. The van der Waals surface area contributed by atoms with Crippen molar-refractivity contribution >= 4 is 50.7 Å². The molecule has 3 aromatic rings. The van der Waals surface area contributed by atoms with Gasteiger partial charge in [0.1, 0.15) is 12.6 Å². The summed E-state index contributed by atoms with van der Waals surface area (Å²) in [6, 6.07) is 18.9. The van der Waals surface area contributed by atoms with Gasteiger partial charge < -0.3 is 10.2 Å². The maximum Gasteiger partial charge on any atom is 0.264 e. The fraction of sp³-hybridized carbons (Fsp3) is 0.286. The minimum absolute atomic E-state index is 0.00205. The van der Waals surface area contributed by atoms with Crippen LogP contribution >= 0.6 is 23.2 Å². The molecule has 0 bridgehead atoms. The molecule has 7 nitrogen and oxygen atoms in total. The molecule has 0 aliphatic heterocycles. The van der Waals surface area contributed by atoms with Crippen molar-refractivity contribution in [2.75, 3.05) is 17.4 Å².